The summed E-state index contributed by atoms with van der Waals surface area (Å²) in [5.41, 5.74) is 13.9. The molecule has 0 bridgehead atoms. The van der Waals surface area contributed by atoms with Crippen molar-refractivity contribution in [2.75, 3.05) is 0 Å². The number of rotatable bonds is 5. The first-order chi connectivity index (χ1) is 27.2. The highest BCUT2D eigenvalue weighted by atomic mass is 16.3. The first kappa shape index (κ1) is 31.3. The van der Waals surface area contributed by atoms with Gasteiger partial charge < -0.3 is 4.42 Å². The van der Waals surface area contributed by atoms with Crippen LogP contribution >= 0.6 is 0 Å². The number of furan rings is 1. The van der Waals surface area contributed by atoms with Crippen LogP contribution in [0.4, 0.5) is 0 Å². The van der Waals surface area contributed by atoms with Gasteiger partial charge >= 0.3 is 0 Å². The predicted molar refractivity (Wildman–Crippen MR) is 233 cm³/mol. The number of benzene rings is 10. The summed E-state index contributed by atoms with van der Waals surface area (Å²) >= 11 is 0. The molecule has 0 N–H and O–H groups in total. The highest BCUT2D eigenvalue weighted by Crippen LogP contribution is 2.45. The fourth-order valence-electron chi connectivity index (χ4n) is 8.57. The first-order valence-corrected chi connectivity index (χ1v) is 18.9. The van der Waals surface area contributed by atoms with E-state index in [0.717, 1.165) is 27.5 Å². The Morgan fingerprint density at radius 2 is 0.636 bits per heavy atom. The topological polar surface area (TPSA) is 13.1 Å². The summed E-state index contributed by atoms with van der Waals surface area (Å²) in [4.78, 5) is 0. The van der Waals surface area contributed by atoms with Gasteiger partial charge in [-0.25, -0.2) is 0 Å². The summed E-state index contributed by atoms with van der Waals surface area (Å²) in [5.74, 6) is 0. The molecule has 1 aromatic heterocycles. The highest BCUT2D eigenvalue weighted by Gasteiger charge is 2.18. The van der Waals surface area contributed by atoms with E-state index >= 15 is 0 Å². The summed E-state index contributed by atoms with van der Waals surface area (Å²) in [5, 5.41) is 9.77. The van der Waals surface area contributed by atoms with E-state index in [2.05, 4.69) is 206 Å². The van der Waals surface area contributed by atoms with Crippen molar-refractivity contribution < 1.29 is 4.42 Å². The Bertz CT molecular complexity index is 3240. The molecular formula is C54H34O. The van der Waals surface area contributed by atoms with Crippen LogP contribution in [0.5, 0.6) is 0 Å². The molecule has 0 atom stereocenters. The maximum Gasteiger partial charge on any atom is 0.135 e. The molecule has 0 saturated carbocycles. The second kappa shape index (κ2) is 12.7. The second-order valence-electron chi connectivity index (χ2n) is 14.5. The van der Waals surface area contributed by atoms with Gasteiger partial charge in [-0.2, -0.15) is 0 Å². The quantitative estimate of drug-likeness (QED) is 0.163. The molecule has 11 rings (SSSR count). The van der Waals surface area contributed by atoms with Crippen LogP contribution in [0, 0.1) is 0 Å². The summed E-state index contributed by atoms with van der Waals surface area (Å²) in [6.45, 7) is 0. The van der Waals surface area contributed by atoms with Gasteiger partial charge in [0.2, 0.25) is 0 Å². The van der Waals surface area contributed by atoms with E-state index in [1.807, 2.05) is 0 Å². The molecule has 0 radical (unpaired) electrons. The molecule has 0 saturated heterocycles. The summed E-state index contributed by atoms with van der Waals surface area (Å²) < 4.78 is 6.36. The molecule has 55 heavy (non-hydrogen) atoms. The van der Waals surface area contributed by atoms with Gasteiger partial charge in [-0.05, 0) is 130 Å². The van der Waals surface area contributed by atoms with Gasteiger partial charge in [-0.1, -0.05) is 164 Å². The van der Waals surface area contributed by atoms with Crippen molar-refractivity contribution in [1.82, 2.24) is 0 Å². The van der Waals surface area contributed by atoms with Gasteiger partial charge in [0, 0.05) is 10.8 Å². The van der Waals surface area contributed by atoms with Crippen LogP contribution in [0.3, 0.4) is 0 Å². The molecule has 0 amide bonds. The Kier molecular flexibility index (Phi) is 7.25. The molecular weight excluding hydrogens is 665 g/mol. The second-order valence-corrected chi connectivity index (χ2v) is 14.5. The zero-order valence-electron chi connectivity index (χ0n) is 30.0. The van der Waals surface area contributed by atoms with Crippen LogP contribution in [-0.2, 0) is 0 Å². The Labute approximate surface area is 319 Å². The van der Waals surface area contributed by atoms with E-state index < -0.39 is 0 Å². The molecule has 0 aliphatic rings. The lowest BCUT2D eigenvalue weighted by atomic mass is 9.85. The fraction of sp³-hybridized carbons (Fsp3) is 0. The van der Waals surface area contributed by atoms with E-state index in [4.69, 9.17) is 4.42 Å². The monoisotopic (exact) mass is 698 g/mol. The Balaban J connectivity index is 1.05. The minimum absolute atomic E-state index is 0.898. The molecule has 1 heterocycles. The molecule has 0 spiro atoms. The Morgan fingerprint density at radius 3 is 1.25 bits per heavy atom. The third-order valence-electron chi connectivity index (χ3n) is 11.2. The zero-order valence-corrected chi connectivity index (χ0v) is 30.0. The maximum absolute atomic E-state index is 6.36. The average molecular weight is 699 g/mol. The molecule has 0 aliphatic heterocycles. The summed E-state index contributed by atoms with van der Waals surface area (Å²) in [6.07, 6.45) is 0. The SMILES string of the molecule is c1ccc(-c2c3ccccc3c(-c3ccccc3)c3cc(-c4cccc(-c5ccc6oc7ccc(-c8ccc9ccccc9c8)cc7c6c5)c4)ccc23)cc1. The van der Waals surface area contributed by atoms with Crippen molar-refractivity contribution in [3.63, 3.8) is 0 Å². The Hall–Kier alpha value is -7.22. The van der Waals surface area contributed by atoms with E-state index in [9.17, 15) is 0 Å². The number of hydrogen-bond acceptors (Lipinski definition) is 1. The molecule has 10 aromatic carbocycles. The van der Waals surface area contributed by atoms with Crippen LogP contribution in [0.25, 0.3) is 110 Å². The van der Waals surface area contributed by atoms with Gasteiger partial charge in [0.1, 0.15) is 11.2 Å². The molecule has 0 aliphatic carbocycles. The van der Waals surface area contributed by atoms with Crippen LogP contribution in [0.1, 0.15) is 0 Å². The number of hydrogen-bond donors (Lipinski definition) is 0. The van der Waals surface area contributed by atoms with Gasteiger partial charge in [0.25, 0.3) is 0 Å². The third-order valence-corrected chi connectivity index (χ3v) is 11.2. The van der Waals surface area contributed by atoms with Crippen LogP contribution in [-0.4, -0.2) is 0 Å². The lowest BCUT2D eigenvalue weighted by Gasteiger charge is -2.19. The van der Waals surface area contributed by atoms with E-state index in [1.54, 1.807) is 0 Å². The van der Waals surface area contributed by atoms with E-state index in [0.29, 0.717) is 0 Å². The minimum Gasteiger partial charge on any atom is -0.456 e. The molecule has 256 valence electrons. The van der Waals surface area contributed by atoms with Crippen molar-refractivity contribution in [2.24, 2.45) is 0 Å². The average Bonchev–Trinajstić information content (AvgIpc) is 3.63. The fourth-order valence-corrected chi connectivity index (χ4v) is 8.57. The standard InChI is InChI=1S/C54H34O/c1-3-13-36(14-4-1)53-45-20-9-10-21-46(45)54(37-15-5-2-6-16-37)50-34-42(24-27-47(50)53)39-18-11-19-40(31-39)43-25-28-51-48(32-43)49-33-44(26-29-52(49)55-51)41-23-22-35-12-7-8-17-38(35)30-41/h1-34H. The van der Waals surface area contributed by atoms with Crippen molar-refractivity contribution in [1.29, 1.82) is 0 Å². The molecule has 1 heteroatoms. The molecule has 0 fully saturated rings. The normalized spacial score (nSPS) is 11.6. The lowest BCUT2D eigenvalue weighted by molar-refractivity contribution is 0.669. The van der Waals surface area contributed by atoms with Crippen molar-refractivity contribution in [3.8, 4) is 55.6 Å². The van der Waals surface area contributed by atoms with E-state index in [-0.39, 0.29) is 0 Å². The first-order valence-electron chi connectivity index (χ1n) is 18.9. The lowest BCUT2D eigenvalue weighted by Crippen LogP contribution is -1.91. The maximum atomic E-state index is 6.36. The largest absolute Gasteiger partial charge is 0.456 e. The van der Waals surface area contributed by atoms with Gasteiger partial charge in [0.05, 0.1) is 0 Å². The minimum atomic E-state index is 0.898. The van der Waals surface area contributed by atoms with Crippen LogP contribution in [0.15, 0.2) is 211 Å². The van der Waals surface area contributed by atoms with Crippen molar-refractivity contribution in [2.45, 2.75) is 0 Å². The summed E-state index contributed by atoms with van der Waals surface area (Å²) in [6, 6.07) is 74.8. The van der Waals surface area contributed by atoms with Crippen molar-refractivity contribution in [3.05, 3.63) is 206 Å². The van der Waals surface area contributed by atoms with Gasteiger partial charge in [-0.3, -0.25) is 0 Å². The molecule has 1 nitrogen and oxygen atoms in total. The molecule has 0 unspecified atom stereocenters. The predicted octanol–water partition coefficient (Wildman–Crippen LogP) is 15.4. The third kappa shape index (κ3) is 5.32. The van der Waals surface area contributed by atoms with Crippen LogP contribution in [0.2, 0.25) is 0 Å². The Morgan fingerprint density at radius 1 is 0.218 bits per heavy atom. The molecule has 11 aromatic rings. The summed E-state index contributed by atoms with van der Waals surface area (Å²) in [7, 11) is 0. The van der Waals surface area contributed by atoms with E-state index in [1.165, 1.54) is 82.4 Å². The van der Waals surface area contributed by atoms with Crippen LogP contribution < -0.4 is 0 Å². The zero-order chi connectivity index (χ0) is 36.3. The smallest absolute Gasteiger partial charge is 0.135 e. The highest BCUT2D eigenvalue weighted by molar-refractivity contribution is 6.22. The van der Waals surface area contributed by atoms with Gasteiger partial charge in [0.15, 0.2) is 0 Å². The van der Waals surface area contributed by atoms with Gasteiger partial charge in [-0.15, -0.1) is 0 Å². The van der Waals surface area contributed by atoms with Crippen molar-refractivity contribution >= 4 is 54.3 Å². The number of fused-ring (bicyclic) bond motifs is 6.